The molecular formula is C24H28N4O5. The van der Waals surface area contributed by atoms with Gasteiger partial charge in [0.05, 0.1) is 5.69 Å². The van der Waals surface area contributed by atoms with Crippen LogP contribution in [-0.4, -0.2) is 59.8 Å². The molecule has 1 saturated heterocycles. The van der Waals surface area contributed by atoms with Crippen LogP contribution in [-0.2, 0) is 27.3 Å². The first-order valence-corrected chi connectivity index (χ1v) is 11.0. The van der Waals surface area contributed by atoms with Gasteiger partial charge < -0.3 is 14.4 Å². The molecule has 2 aromatic rings. The molecule has 9 heteroatoms. The summed E-state index contributed by atoms with van der Waals surface area (Å²) in [6.45, 7) is 6.66. The van der Waals surface area contributed by atoms with E-state index in [9.17, 15) is 14.4 Å². The number of fused-ring (bicyclic) bond motifs is 1. The third-order valence-electron chi connectivity index (χ3n) is 5.44. The van der Waals surface area contributed by atoms with Crippen LogP contribution in [0.2, 0.25) is 0 Å². The zero-order valence-corrected chi connectivity index (χ0v) is 19.1. The highest BCUT2D eigenvalue weighted by atomic mass is 16.6. The van der Waals surface area contributed by atoms with Gasteiger partial charge in [-0.25, -0.2) is 14.6 Å². The van der Waals surface area contributed by atoms with Gasteiger partial charge in [0, 0.05) is 31.4 Å². The van der Waals surface area contributed by atoms with Gasteiger partial charge in [-0.05, 0) is 38.8 Å². The minimum absolute atomic E-state index is 0.0689. The minimum atomic E-state index is -0.612. The first kappa shape index (κ1) is 22.6. The van der Waals surface area contributed by atoms with Crippen molar-refractivity contribution in [1.82, 2.24) is 9.88 Å². The first-order chi connectivity index (χ1) is 15.7. The van der Waals surface area contributed by atoms with Crippen molar-refractivity contribution in [2.24, 2.45) is 0 Å². The molecule has 0 N–H and O–H groups in total. The first-order valence-electron chi connectivity index (χ1n) is 11.0. The van der Waals surface area contributed by atoms with Crippen LogP contribution in [0.4, 0.5) is 21.1 Å². The largest absolute Gasteiger partial charge is 0.445 e. The Morgan fingerprint density at radius 1 is 1.03 bits per heavy atom. The highest BCUT2D eigenvalue weighted by molar-refractivity contribution is 6.00. The van der Waals surface area contributed by atoms with Crippen molar-refractivity contribution >= 4 is 29.6 Å². The van der Waals surface area contributed by atoms with E-state index in [1.807, 2.05) is 51.1 Å². The van der Waals surface area contributed by atoms with Crippen molar-refractivity contribution in [3.05, 3.63) is 53.7 Å². The van der Waals surface area contributed by atoms with Crippen molar-refractivity contribution in [1.29, 1.82) is 0 Å². The lowest BCUT2D eigenvalue weighted by molar-refractivity contribution is -0.120. The number of rotatable bonds is 3. The van der Waals surface area contributed by atoms with Crippen LogP contribution in [0, 0.1) is 0 Å². The van der Waals surface area contributed by atoms with Crippen LogP contribution in [0.3, 0.4) is 0 Å². The molecule has 4 rings (SSSR count). The van der Waals surface area contributed by atoms with Crippen molar-refractivity contribution in [3.63, 3.8) is 0 Å². The van der Waals surface area contributed by atoms with Crippen LogP contribution in [0.25, 0.3) is 0 Å². The molecule has 0 radical (unpaired) electrons. The van der Waals surface area contributed by atoms with Crippen LogP contribution in [0.5, 0.6) is 0 Å². The van der Waals surface area contributed by atoms with Gasteiger partial charge in [0.15, 0.2) is 0 Å². The second-order valence-corrected chi connectivity index (χ2v) is 9.02. The second-order valence-electron chi connectivity index (χ2n) is 9.02. The molecule has 2 aliphatic heterocycles. The monoisotopic (exact) mass is 452 g/mol. The number of hydrogen-bond acceptors (Lipinski definition) is 6. The molecule has 0 spiro atoms. The number of pyridine rings is 1. The summed E-state index contributed by atoms with van der Waals surface area (Å²) in [4.78, 5) is 46.9. The Morgan fingerprint density at radius 2 is 1.79 bits per heavy atom. The fraction of sp³-hybridized carbons (Fsp3) is 0.417. The maximum Gasteiger partial charge on any atom is 0.416 e. The van der Waals surface area contributed by atoms with Crippen LogP contribution >= 0.6 is 0 Å². The molecule has 33 heavy (non-hydrogen) atoms. The van der Waals surface area contributed by atoms with Gasteiger partial charge in [0.25, 0.3) is 0 Å². The van der Waals surface area contributed by atoms with Gasteiger partial charge in [-0.2, -0.15) is 0 Å². The Morgan fingerprint density at radius 3 is 2.48 bits per heavy atom. The lowest BCUT2D eigenvalue weighted by Gasteiger charge is -2.34. The predicted octanol–water partition coefficient (Wildman–Crippen LogP) is 3.36. The summed E-state index contributed by atoms with van der Waals surface area (Å²) in [6.07, 6.45) is 1.20. The van der Waals surface area contributed by atoms with E-state index in [1.54, 1.807) is 17.2 Å². The minimum Gasteiger partial charge on any atom is -0.445 e. The van der Waals surface area contributed by atoms with Crippen molar-refractivity contribution in [3.8, 4) is 0 Å². The second kappa shape index (κ2) is 9.09. The number of carbonyl (C=O) groups is 3. The zero-order valence-electron chi connectivity index (χ0n) is 19.1. The smallest absolute Gasteiger partial charge is 0.416 e. The molecule has 174 valence electrons. The number of piperazine rings is 1. The average molecular weight is 453 g/mol. The summed E-state index contributed by atoms with van der Waals surface area (Å²) in [5, 5.41) is 0. The fourth-order valence-corrected chi connectivity index (χ4v) is 3.92. The van der Waals surface area contributed by atoms with Crippen LogP contribution in [0.1, 0.15) is 31.9 Å². The number of carbonyl (C=O) groups excluding carboxylic acids is 3. The number of nitrogens with zero attached hydrogens (tertiary/aromatic N) is 4. The predicted molar refractivity (Wildman–Crippen MR) is 122 cm³/mol. The van der Waals surface area contributed by atoms with E-state index in [1.165, 1.54) is 9.80 Å². The molecule has 3 amide bonds. The average Bonchev–Trinajstić information content (AvgIpc) is 3.22. The molecule has 3 heterocycles. The molecule has 2 aliphatic rings. The molecule has 0 aliphatic carbocycles. The molecule has 1 fully saturated rings. The molecule has 0 saturated carbocycles. The maximum atomic E-state index is 12.9. The van der Waals surface area contributed by atoms with Crippen LogP contribution in [0.15, 0.2) is 42.6 Å². The van der Waals surface area contributed by atoms with Gasteiger partial charge >= 0.3 is 12.2 Å². The summed E-state index contributed by atoms with van der Waals surface area (Å²) < 4.78 is 10.8. The number of ether oxygens (including phenoxy) is 2. The lowest BCUT2D eigenvalue weighted by atomic mass is 10.1. The summed E-state index contributed by atoms with van der Waals surface area (Å²) in [7, 11) is 0. The molecule has 9 nitrogen and oxygen atoms in total. The highest BCUT2D eigenvalue weighted by Crippen LogP contribution is 2.35. The van der Waals surface area contributed by atoms with Gasteiger partial charge in [-0.3, -0.25) is 14.6 Å². The third kappa shape index (κ3) is 5.08. The normalized spacial score (nSPS) is 16.0. The van der Waals surface area contributed by atoms with Gasteiger partial charge in [-0.1, -0.05) is 30.3 Å². The standard InChI is InChI=1S/C24H28N4O5/c1-24(2,3)33-23(31)28-12-10-18-19(9-11-25-21(18)28)27-14-13-26(15-20(27)29)22(30)32-16-17-7-5-4-6-8-17/h4-9,11H,10,12-16H2,1-3H3. The SMILES string of the molecule is CC(C)(C)OC(=O)N1CCc2c(N3CCN(C(=O)OCc4ccccc4)CC3=O)ccnc21. The molecule has 1 aromatic heterocycles. The topological polar surface area (TPSA) is 92.3 Å². The summed E-state index contributed by atoms with van der Waals surface area (Å²) in [6, 6.07) is 11.2. The molecule has 0 atom stereocenters. The number of amides is 3. The maximum absolute atomic E-state index is 12.9. The van der Waals surface area contributed by atoms with Gasteiger partial charge in [-0.15, -0.1) is 0 Å². The molecule has 0 unspecified atom stereocenters. The zero-order chi connectivity index (χ0) is 23.6. The van der Waals surface area contributed by atoms with E-state index in [4.69, 9.17) is 9.47 Å². The van der Waals surface area contributed by atoms with E-state index in [2.05, 4.69) is 4.98 Å². The number of anilines is 2. The Balaban J connectivity index is 1.42. The van der Waals surface area contributed by atoms with Crippen molar-refractivity contribution in [2.45, 2.75) is 39.4 Å². The van der Waals surface area contributed by atoms with Crippen LogP contribution < -0.4 is 9.80 Å². The van der Waals surface area contributed by atoms with E-state index in [0.29, 0.717) is 37.6 Å². The summed E-state index contributed by atoms with van der Waals surface area (Å²) in [5.41, 5.74) is 1.82. The highest BCUT2D eigenvalue weighted by Gasteiger charge is 2.35. The number of benzene rings is 1. The number of aromatic nitrogens is 1. The lowest BCUT2D eigenvalue weighted by Crippen LogP contribution is -2.52. The van der Waals surface area contributed by atoms with Crippen molar-refractivity contribution < 1.29 is 23.9 Å². The van der Waals surface area contributed by atoms with Crippen molar-refractivity contribution in [2.75, 3.05) is 36.0 Å². The molecule has 1 aromatic carbocycles. The van der Waals surface area contributed by atoms with E-state index >= 15 is 0 Å². The van der Waals surface area contributed by atoms with E-state index in [0.717, 1.165) is 11.1 Å². The number of hydrogen-bond donors (Lipinski definition) is 0. The van der Waals surface area contributed by atoms with Gasteiger partial charge in [0.1, 0.15) is 24.6 Å². The fourth-order valence-electron chi connectivity index (χ4n) is 3.92. The molecular weight excluding hydrogens is 424 g/mol. The third-order valence-corrected chi connectivity index (χ3v) is 5.44. The quantitative estimate of drug-likeness (QED) is 0.709. The Labute approximate surface area is 192 Å². The van der Waals surface area contributed by atoms with E-state index in [-0.39, 0.29) is 19.1 Å². The Hall–Kier alpha value is -3.62. The van der Waals surface area contributed by atoms with E-state index < -0.39 is 17.8 Å². The Kier molecular flexibility index (Phi) is 6.22. The van der Waals surface area contributed by atoms with Gasteiger partial charge in [0.2, 0.25) is 5.91 Å². The summed E-state index contributed by atoms with van der Waals surface area (Å²) in [5.74, 6) is 0.307. The molecule has 0 bridgehead atoms. The summed E-state index contributed by atoms with van der Waals surface area (Å²) >= 11 is 0. The Bertz CT molecular complexity index is 1050.